The Hall–Kier alpha value is -2.50. The summed E-state index contributed by atoms with van der Waals surface area (Å²) in [7, 11) is 0. The molecule has 2 rings (SSSR count). The van der Waals surface area contributed by atoms with E-state index in [1.807, 2.05) is 0 Å². The minimum Gasteiger partial charge on any atom is -0.348 e. The highest BCUT2D eigenvalue weighted by molar-refractivity contribution is 5.91. The molecule has 17 heavy (non-hydrogen) atoms. The first-order valence-corrected chi connectivity index (χ1v) is 5.03. The van der Waals surface area contributed by atoms with Gasteiger partial charge in [-0.25, -0.2) is 15.0 Å². The molecule has 2 N–H and O–H groups in total. The summed E-state index contributed by atoms with van der Waals surface area (Å²) in [5.74, 6) is -0.177. The van der Waals surface area contributed by atoms with Gasteiger partial charge < -0.3 is 10.3 Å². The van der Waals surface area contributed by atoms with Crippen molar-refractivity contribution in [3.05, 3.63) is 48.6 Å². The third-order valence-electron chi connectivity index (χ3n) is 2.01. The van der Waals surface area contributed by atoms with Crippen molar-refractivity contribution in [2.75, 3.05) is 0 Å². The Morgan fingerprint density at radius 3 is 2.82 bits per heavy atom. The Labute approximate surface area is 97.8 Å². The van der Waals surface area contributed by atoms with Crippen molar-refractivity contribution in [2.45, 2.75) is 6.54 Å². The summed E-state index contributed by atoms with van der Waals surface area (Å²) in [5, 5.41) is 2.72. The van der Waals surface area contributed by atoms with Crippen molar-refractivity contribution < 1.29 is 4.79 Å². The van der Waals surface area contributed by atoms with Gasteiger partial charge in [-0.3, -0.25) is 4.79 Å². The van der Waals surface area contributed by atoms with Gasteiger partial charge in [0.2, 0.25) is 5.91 Å². The van der Waals surface area contributed by atoms with E-state index in [9.17, 15) is 4.79 Å². The number of nitrogens with one attached hydrogen (secondary N) is 2. The van der Waals surface area contributed by atoms with Crippen LogP contribution in [-0.4, -0.2) is 25.8 Å². The van der Waals surface area contributed by atoms with Crippen LogP contribution >= 0.6 is 0 Å². The zero-order chi connectivity index (χ0) is 11.9. The van der Waals surface area contributed by atoms with Crippen LogP contribution in [0, 0.1) is 0 Å². The molecule has 0 saturated carbocycles. The van der Waals surface area contributed by atoms with Gasteiger partial charge in [0, 0.05) is 30.6 Å². The first-order chi connectivity index (χ1) is 8.34. The summed E-state index contributed by atoms with van der Waals surface area (Å²) in [6.07, 6.45) is 11.1. The van der Waals surface area contributed by atoms with Crippen molar-refractivity contribution in [2.24, 2.45) is 0 Å². The van der Waals surface area contributed by atoms with Crippen LogP contribution in [-0.2, 0) is 11.3 Å². The first kappa shape index (κ1) is 11.0. The second-order valence-electron chi connectivity index (χ2n) is 3.30. The number of rotatable bonds is 4. The minimum absolute atomic E-state index is 0.177. The highest BCUT2D eigenvalue weighted by atomic mass is 16.1. The largest absolute Gasteiger partial charge is 0.348 e. The molecule has 86 valence electrons. The van der Waals surface area contributed by atoms with Crippen molar-refractivity contribution in [3.8, 4) is 0 Å². The van der Waals surface area contributed by atoms with Gasteiger partial charge >= 0.3 is 0 Å². The van der Waals surface area contributed by atoms with Crippen molar-refractivity contribution in [1.29, 1.82) is 0 Å². The molecule has 0 atom stereocenters. The molecular weight excluding hydrogens is 218 g/mol. The molecule has 0 spiro atoms. The van der Waals surface area contributed by atoms with Gasteiger partial charge in [0.15, 0.2) is 0 Å². The highest BCUT2D eigenvalue weighted by Crippen LogP contribution is 1.95. The molecule has 0 unspecified atom stereocenters. The lowest BCUT2D eigenvalue weighted by molar-refractivity contribution is -0.116. The number of amides is 1. The van der Waals surface area contributed by atoms with Crippen LogP contribution < -0.4 is 5.32 Å². The van der Waals surface area contributed by atoms with E-state index in [2.05, 4.69) is 25.3 Å². The third-order valence-corrected chi connectivity index (χ3v) is 2.01. The van der Waals surface area contributed by atoms with Crippen LogP contribution in [0.1, 0.15) is 11.3 Å². The summed E-state index contributed by atoms with van der Waals surface area (Å²) in [6.45, 7) is 0.410. The van der Waals surface area contributed by atoms with Gasteiger partial charge in [0.05, 0.1) is 18.2 Å². The SMILES string of the molecule is O=C(/C=C/c1cnc[nH]1)NCc1cncnc1. The average Bonchev–Trinajstić information content (AvgIpc) is 2.88. The van der Waals surface area contributed by atoms with Gasteiger partial charge in [-0.15, -0.1) is 0 Å². The molecule has 0 aliphatic carbocycles. The molecule has 6 heteroatoms. The Morgan fingerprint density at radius 2 is 2.12 bits per heavy atom. The standard InChI is InChI=1S/C11H11N5O/c17-11(2-1-10-6-14-8-16-10)15-5-9-3-12-7-13-4-9/h1-4,6-8H,5H2,(H,14,16)(H,15,17)/b2-1+. The Balaban J connectivity index is 1.82. The number of aromatic nitrogens is 4. The lowest BCUT2D eigenvalue weighted by Gasteiger charge is -2.00. The normalized spacial score (nSPS) is 10.6. The predicted molar refractivity (Wildman–Crippen MR) is 61.5 cm³/mol. The summed E-state index contributed by atoms with van der Waals surface area (Å²) in [6, 6.07) is 0. The van der Waals surface area contributed by atoms with Gasteiger partial charge in [-0.1, -0.05) is 0 Å². The molecule has 2 aromatic heterocycles. The fraction of sp³-hybridized carbons (Fsp3) is 0.0909. The van der Waals surface area contributed by atoms with E-state index >= 15 is 0 Å². The number of imidazole rings is 1. The maximum absolute atomic E-state index is 11.4. The first-order valence-electron chi connectivity index (χ1n) is 5.03. The van der Waals surface area contributed by atoms with E-state index in [-0.39, 0.29) is 5.91 Å². The van der Waals surface area contributed by atoms with Crippen molar-refractivity contribution in [3.63, 3.8) is 0 Å². The zero-order valence-electron chi connectivity index (χ0n) is 9.00. The van der Waals surface area contributed by atoms with Crippen LogP contribution in [0.3, 0.4) is 0 Å². The van der Waals surface area contributed by atoms with E-state index in [1.165, 1.54) is 12.4 Å². The van der Waals surface area contributed by atoms with Gasteiger partial charge in [-0.05, 0) is 6.08 Å². The Bertz CT molecular complexity index is 492. The fourth-order valence-corrected chi connectivity index (χ4v) is 1.19. The summed E-state index contributed by atoms with van der Waals surface area (Å²) in [5.41, 5.74) is 1.64. The van der Waals surface area contributed by atoms with Gasteiger partial charge in [-0.2, -0.15) is 0 Å². The molecule has 0 bridgehead atoms. The smallest absolute Gasteiger partial charge is 0.244 e. The monoisotopic (exact) mass is 229 g/mol. The molecule has 0 aromatic carbocycles. The zero-order valence-corrected chi connectivity index (χ0v) is 9.00. The summed E-state index contributed by atoms with van der Waals surface area (Å²) < 4.78 is 0. The van der Waals surface area contributed by atoms with E-state index in [0.29, 0.717) is 6.54 Å². The second kappa shape index (κ2) is 5.55. The molecule has 2 heterocycles. The van der Waals surface area contributed by atoms with Crippen LogP contribution in [0.5, 0.6) is 0 Å². The van der Waals surface area contributed by atoms with E-state index in [1.54, 1.807) is 31.0 Å². The molecule has 0 saturated heterocycles. The minimum atomic E-state index is -0.177. The quantitative estimate of drug-likeness (QED) is 0.749. The number of aromatic amines is 1. The number of nitrogens with zero attached hydrogens (tertiary/aromatic N) is 3. The van der Waals surface area contributed by atoms with Crippen molar-refractivity contribution in [1.82, 2.24) is 25.3 Å². The molecular formula is C11H11N5O. The van der Waals surface area contributed by atoms with E-state index in [4.69, 9.17) is 0 Å². The van der Waals surface area contributed by atoms with Gasteiger partial charge in [0.25, 0.3) is 0 Å². The maximum atomic E-state index is 11.4. The van der Waals surface area contributed by atoms with Crippen LogP contribution in [0.4, 0.5) is 0 Å². The van der Waals surface area contributed by atoms with Crippen LogP contribution in [0.2, 0.25) is 0 Å². The molecule has 0 aliphatic heterocycles. The summed E-state index contributed by atoms with van der Waals surface area (Å²) in [4.78, 5) is 25.9. The molecule has 0 fully saturated rings. The van der Waals surface area contributed by atoms with Crippen LogP contribution in [0.15, 0.2) is 37.3 Å². The second-order valence-corrected chi connectivity index (χ2v) is 3.30. The number of carbonyl (C=O) groups excluding carboxylic acids is 1. The fourth-order valence-electron chi connectivity index (χ4n) is 1.19. The van der Waals surface area contributed by atoms with Crippen molar-refractivity contribution >= 4 is 12.0 Å². The number of carbonyl (C=O) groups is 1. The molecule has 6 nitrogen and oxygen atoms in total. The summed E-state index contributed by atoms with van der Waals surface area (Å²) >= 11 is 0. The average molecular weight is 229 g/mol. The number of hydrogen-bond donors (Lipinski definition) is 2. The highest BCUT2D eigenvalue weighted by Gasteiger charge is 1.97. The predicted octanol–water partition coefficient (Wildman–Crippen LogP) is 0.529. The molecule has 2 aromatic rings. The Morgan fingerprint density at radius 1 is 1.29 bits per heavy atom. The van der Waals surface area contributed by atoms with E-state index < -0.39 is 0 Å². The molecule has 0 aliphatic rings. The maximum Gasteiger partial charge on any atom is 0.244 e. The number of H-pyrrole nitrogens is 1. The van der Waals surface area contributed by atoms with Crippen LogP contribution in [0.25, 0.3) is 6.08 Å². The lowest BCUT2D eigenvalue weighted by atomic mass is 10.3. The Kier molecular flexibility index (Phi) is 3.59. The lowest BCUT2D eigenvalue weighted by Crippen LogP contribution is -2.20. The molecule has 0 radical (unpaired) electrons. The van der Waals surface area contributed by atoms with E-state index in [0.717, 1.165) is 11.3 Å². The topological polar surface area (TPSA) is 83.6 Å². The number of hydrogen-bond acceptors (Lipinski definition) is 4. The third kappa shape index (κ3) is 3.53. The van der Waals surface area contributed by atoms with Gasteiger partial charge in [0.1, 0.15) is 6.33 Å². The molecule has 1 amide bonds.